The number of benzene rings is 2. The average Bonchev–Trinajstić information content (AvgIpc) is 2.85. The Morgan fingerprint density at radius 2 is 1.79 bits per heavy atom. The Kier molecular flexibility index (Phi) is 3.40. The van der Waals surface area contributed by atoms with Crippen molar-refractivity contribution in [2.45, 2.75) is 13.2 Å². The van der Waals surface area contributed by atoms with Crippen molar-refractivity contribution in [3.63, 3.8) is 0 Å². The minimum absolute atomic E-state index is 0.0711. The van der Waals surface area contributed by atoms with E-state index in [1.807, 2.05) is 24.3 Å². The fourth-order valence-electron chi connectivity index (χ4n) is 2.39. The van der Waals surface area contributed by atoms with E-state index < -0.39 is 0 Å². The first-order valence-corrected chi connectivity index (χ1v) is 6.99. The van der Waals surface area contributed by atoms with Crippen molar-refractivity contribution in [1.82, 2.24) is 4.57 Å². The number of hydrogen-bond donors (Lipinski definition) is 1. The van der Waals surface area contributed by atoms with E-state index in [2.05, 4.69) is 51.0 Å². The highest BCUT2D eigenvalue weighted by molar-refractivity contribution is 9.10. The fraction of sp³-hybridized carbons (Fsp3) is 0.125. The summed E-state index contributed by atoms with van der Waals surface area (Å²) in [5.41, 5.74) is 3.33. The van der Waals surface area contributed by atoms with Gasteiger partial charge in [0.1, 0.15) is 0 Å². The van der Waals surface area contributed by atoms with E-state index >= 15 is 0 Å². The van der Waals surface area contributed by atoms with Gasteiger partial charge in [0.05, 0.1) is 12.1 Å². The Balaban J connectivity index is 2.03. The lowest BCUT2D eigenvalue weighted by Crippen LogP contribution is -2.00. The summed E-state index contributed by atoms with van der Waals surface area (Å²) in [5.74, 6) is 0. The highest BCUT2D eigenvalue weighted by Crippen LogP contribution is 2.22. The van der Waals surface area contributed by atoms with Crippen LogP contribution in [0.1, 0.15) is 11.1 Å². The van der Waals surface area contributed by atoms with Crippen molar-refractivity contribution < 1.29 is 5.11 Å². The molecule has 0 saturated carbocycles. The number of halogens is 1. The van der Waals surface area contributed by atoms with Gasteiger partial charge < -0.3 is 9.67 Å². The molecule has 0 aliphatic carbocycles. The number of nitrogens with zero attached hydrogens (tertiary/aromatic N) is 1. The van der Waals surface area contributed by atoms with E-state index in [4.69, 9.17) is 0 Å². The molecular weight excluding hydrogens is 302 g/mol. The molecule has 0 spiro atoms. The van der Waals surface area contributed by atoms with Gasteiger partial charge in [0.2, 0.25) is 0 Å². The Bertz CT molecular complexity index is 700. The molecule has 96 valence electrons. The summed E-state index contributed by atoms with van der Waals surface area (Å²) in [4.78, 5) is 0. The van der Waals surface area contributed by atoms with Gasteiger partial charge in [0, 0.05) is 22.8 Å². The molecule has 3 heteroatoms. The molecular formula is C16H14BrNO. The summed E-state index contributed by atoms with van der Waals surface area (Å²) in [6, 6.07) is 16.4. The number of aliphatic hydroxyl groups excluding tert-OH is 1. The van der Waals surface area contributed by atoms with Gasteiger partial charge in [0.25, 0.3) is 0 Å². The van der Waals surface area contributed by atoms with Gasteiger partial charge in [0.15, 0.2) is 0 Å². The molecule has 2 aromatic carbocycles. The minimum Gasteiger partial charge on any atom is -0.392 e. The Morgan fingerprint density at radius 3 is 2.53 bits per heavy atom. The van der Waals surface area contributed by atoms with Crippen LogP contribution in [-0.2, 0) is 13.2 Å². The van der Waals surface area contributed by atoms with Crippen LogP contribution in [0.25, 0.3) is 10.9 Å². The lowest BCUT2D eigenvalue weighted by atomic mass is 10.1. The van der Waals surface area contributed by atoms with Crippen LogP contribution in [0.15, 0.2) is 59.2 Å². The third-order valence-electron chi connectivity index (χ3n) is 3.31. The van der Waals surface area contributed by atoms with Gasteiger partial charge in [-0.1, -0.05) is 46.3 Å². The van der Waals surface area contributed by atoms with Gasteiger partial charge in [-0.3, -0.25) is 0 Å². The number of para-hydroxylation sites is 1. The van der Waals surface area contributed by atoms with Crippen LogP contribution < -0.4 is 0 Å². The maximum Gasteiger partial charge on any atom is 0.0702 e. The van der Waals surface area contributed by atoms with E-state index in [1.54, 1.807) is 0 Å². The largest absolute Gasteiger partial charge is 0.392 e. The predicted molar refractivity (Wildman–Crippen MR) is 81.1 cm³/mol. The molecule has 3 rings (SSSR count). The lowest BCUT2D eigenvalue weighted by molar-refractivity contribution is 0.283. The highest BCUT2D eigenvalue weighted by atomic mass is 79.9. The molecule has 3 aromatic rings. The van der Waals surface area contributed by atoms with E-state index in [0.717, 1.165) is 22.1 Å². The highest BCUT2D eigenvalue weighted by Gasteiger charge is 2.06. The quantitative estimate of drug-likeness (QED) is 0.778. The molecule has 0 amide bonds. The van der Waals surface area contributed by atoms with Crippen LogP contribution in [0.5, 0.6) is 0 Å². The molecule has 0 atom stereocenters. The number of fused-ring (bicyclic) bond motifs is 1. The van der Waals surface area contributed by atoms with Gasteiger partial charge >= 0.3 is 0 Å². The van der Waals surface area contributed by atoms with E-state index in [0.29, 0.717) is 0 Å². The maximum atomic E-state index is 9.46. The monoisotopic (exact) mass is 315 g/mol. The normalized spacial score (nSPS) is 11.1. The summed E-state index contributed by atoms with van der Waals surface area (Å²) >= 11 is 3.45. The molecule has 0 saturated heterocycles. The zero-order valence-electron chi connectivity index (χ0n) is 10.4. The first-order chi connectivity index (χ1) is 9.28. The second-order valence-electron chi connectivity index (χ2n) is 4.58. The second-order valence-corrected chi connectivity index (χ2v) is 5.50. The van der Waals surface area contributed by atoms with Crippen molar-refractivity contribution in [3.05, 3.63) is 70.3 Å². The SMILES string of the molecule is OCc1cccc2ccn(Cc3ccc(Br)cc3)c12. The van der Waals surface area contributed by atoms with E-state index in [9.17, 15) is 5.11 Å². The van der Waals surface area contributed by atoms with Gasteiger partial charge in [-0.05, 0) is 29.1 Å². The van der Waals surface area contributed by atoms with E-state index in [-0.39, 0.29) is 6.61 Å². The van der Waals surface area contributed by atoms with Crippen LogP contribution in [0.2, 0.25) is 0 Å². The van der Waals surface area contributed by atoms with Crippen molar-refractivity contribution in [1.29, 1.82) is 0 Å². The lowest BCUT2D eigenvalue weighted by Gasteiger charge is -2.09. The number of rotatable bonds is 3. The van der Waals surface area contributed by atoms with Crippen LogP contribution in [0, 0.1) is 0 Å². The molecule has 0 aliphatic heterocycles. The summed E-state index contributed by atoms with van der Waals surface area (Å²) in [5, 5.41) is 10.6. The molecule has 19 heavy (non-hydrogen) atoms. The minimum atomic E-state index is 0.0711. The first-order valence-electron chi connectivity index (χ1n) is 6.20. The smallest absolute Gasteiger partial charge is 0.0702 e. The topological polar surface area (TPSA) is 25.2 Å². The van der Waals surface area contributed by atoms with Crippen LogP contribution in [0.4, 0.5) is 0 Å². The summed E-state index contributed by atoms with van der Waals surface area (Å²) in [6.45, 7) is 0.884. The van der Waals surface area contributed by atoms with Crippen molar-refractivity contribution in [2.24, 2.45) is 0 Å². The van der Waals surface area contributed by atoms with Crippen LogP contribution in [-0.4, -0.2) is 9.67 Å². The molecule has 0 fully saturated rings. The number of aliphatic hydroxyl groups is 1. The Labute approximate surface area is 120 Å². The molecule has 0 radical (unpaired) electrons. The second kappa shape index (κ2) is 5.19. The van der Waals surface area contributed by atoms with Gasteiger partial charge in [-0.15, -0.1) is 0 Å². The fourth-order valence-corrected chi connectivity index (χ4v) is 2.65. The summed E-state index contributed by atoms with van der Waals surface area (Å²) in [7, 11) is 0. The van der Waals surface area contributed by atoms with Crippen LogP contribution >= 0.6 is 15.9 Å². The number of hydrogen-bond acceptors (Lipinski definition) is 1. The average molecular weight is 316 g/mol. The Morgan fingerprint density at radius 1 is 1.00 bits per heavy atom. The number of aromatic nitrogens is 1. The third kappa shape index (κ3) is 2.44. The summed E-state index contributed by atoms with van der Waals surface area (Å²) in [6.07, 6.45) is 2.08. The zero-order chi connectivity index (χ0) is 13.2. The molecule has 1 N–H and O–H groups in total. The van der Waals surface area contributed by atoms with E-state index in [1.165, 1.54) is 10.9 Å². The standard InChI is InChI=1S/C16H14BrNO/c17-15-6-4-12(5-7-15)10-18-9-8-13-2-1-3-14(11-19)16(13)18/h1-9,19H,10-11H2. The molecule has 1 aromatic heterocycles. The predicted octanol–water partition coefficient (Wildman–Crippen LogP) is 3.94. The Hall–Kier alpha value is -1.58. The van der Waals surface area contributed by atoms with Crippen molar-refractivity contribution in [3.8, 4) is 0 Å². The zero-order valence-corrected chi connectivity index (χ0v) is 12.0. The molecule has 0 bridgehead atoms. The summed E-state index contributed by atoms with van der Waals surface area (Å²) < 4.78 is 3.27. The molecule has 2 nitrogen and oxygen atoms in total. The maximum absolute atomic E-state index is 9.46. The van der Waals surface area contributed by atoms with Gasteiger partial charge in [-0.25, -0.2) is 0 Å². The van der Waals surface area contributed by atoms with Crippen LogP contribution in [0.3, 0.4) is 0 Å². The van der Waals surface area contributed by atoms with Crippen molar-refractivity contribution in [2.75, 3.05) is 0 Å². The first kappa shape index (κ1) is 12.5. The van der Waals surface area contributed by atoms with Gasteiger partial charge in [-0.2, -0.15) is 0 Å². The molecule has 0 aliphatic rings. The van der Waals surface area contributed by atoms with Crippen molar-refractivity contribution >= 4 is 26.8 Å². The third-order valence-corrected chi connectivity index (χ3v) is 3.84. The molecule has 0 unspecified atom stereocenters. The molecule has 1 heterocycles.